The van der Waals surface area contributed by atoms with Crippen molar-refractivity contribution < 1.29 is 14.3 Å². The lowest BCUT2D eigenvalue weighted by atomic mass is 10.0. The number of carbonyl (C=O) groups excluding carboxylic acids is 2. The minimum absolute atomic E-state index is 0.0461. The predicted octanol–water partition coefficient (Wildman–Crippen LogP) is 1.15. The maximum absolute atomic E-state index is 12.1. The van der Waals surface area contributed by atoms with Gasteiger partial charge in [-0.25, -0.2) is 9.78 Å². The van der Waals surface area contributed by atoms with E-state index in [1.165, 1.54) is 6.33 Å². The third-order valence-electron chi connectivity index (χ3n) is 2.68. The minimum atomic E-state index is -0.646. The Labute approximate surface area is 125 Å². The first-order chi connectivity index (χ1) is 9.69. The van der Waals surface area contributed by atoms with Crippen molar-refractivity contribution in [3.63, 3.8) is 0 Å². The highest BCUT2D eigenvalue weighted by Gasteiger charge is 2.28. The van der Waals surface area contributed by atoms with Gasteiger partial charge < -0.3 is 10.1 Å². The van der Waals surface area contributed by atoms with Crippen LogP contribution in [0.1, 0.15) is 41.0 Å². The van der Waals surface area contributed by atoms with E-state index in [-0.39, 0.29) is 18.2 Å². The van der Waals surface area contributed by atoms with Crippen LogP contribution in [-0.2, 0) is 20.9 Å². The zero-order chi connectivity index (χ0) is 16.0. The molecule has 1 aromatic rings. The highest BCUT2D eigenvalue weighted by atomic mass is 16.6. The summed E-state index contributed by atoms with van der Waals surface area (Å²) in [6, 6.07) is -0.646. The summed E-state index contributed by atoms with van der Waals surface area (Å²) in [5.41, 5.74) is -0.574. The third-order valence-corrected chi connectivity index (χ3v) is 2.68. The van der Waals surface area contributed by atoms with Crippen molar-refractivity contribution in [2.75, 3.05) is 0 Å². The summed E-state index contributed by atoms with van der Waals surface area (Å²) in [4.78, 5) is 27.9. The van der Waals surface area contributed by atoms with Crippen LogP contribution < -0.4 is 5.32 Å². The molecule has 1 atom stereocenters. The van der Waals surface area contributed by atoms with E-state index in [0.29, 0.717) is 6.54 Å². The number of rotatable bonds is 6. The molecule has 1 aromatic heterocycles. The largest absolute Gasteiger partial charge is 0.458 e. The molecule has 0 fully saturated rings. The van der Waals surface area contributed by atoms with Gasteiger partial charge in [-0.1, -0.05) is 13.8 Å². The summed E-state index contributed by atoms with van der Waals surface area (Å²) < 4.78 is 6.90. The molecule has 0 spiro atoms. The Morgan fingerprint density at radius 3 is 2.48 bits per heavy atom. The van der Waals surface area contributed by atoms with Crippen LogP contribution in [0.25, 0.3) is 0 Å². The van der Waals surface area contributed by atoms with E-state index in [0.717, 1.165) is 0 Å². The van der Waals surface area contributed by atoms with Crippen molar-refractivity contribution in [2.45, 2.75) is 59.2 Å². The van der Waals surface area contributed by atoms with E-state index in [2.05, 4.69) is 15.4 Å². The van der Waals surface area contributed by atoms with Crippen molar-refractivity contribution >= 4 is 11.9 Å². The average Bonchev–Trinajstić information content (AvgIpc) is 2.83. The molecule has 0 bridgehead atoms. The first kappa shape index (κ1) is 17.1. The summed E-state index contributed by atoms with van der Waals surface area (Å²) in [5, 5.41) is 6.65. The van der Waals surface area contributed by atoms with Crippen molar-refractivity contribution in [1.29, 1.82) is 0 Å². The molecule has 1 amide bonds. The molecule has 0 saturated heterocycles. The van der Waals surface area contributed by atoms with Crippen LogP contribution in [0.2, 0.25) is 0 Å². The smallest absolute Gasteiger partial charge is 0.329 e. The molecule has 118 valence electrons. The SMILES string of the molecule is CC(C)[C@@H](NC(=O)CCn1cncn1)C(=O)OC(C)(C)C. The summed E-state index contributed by atoms with van der Waals surface area (Å²) in [7, 11) is 0. The Balaban J connectivity index is 2.53. The molecule has 0 saturated carbocycles. The fourth-order valence-corrected chi connectivity index (χ4v) is 1.67. The van der Waals surface area contributed by atoms with Crippen molar-refractivity contribution in [1.82, 2.24) is 20.1 Å². The van der Waals surface area contributed by atoms with E-state index in [4.69, 9.17) is 4.74 Å². The summed E-state index contributed by atoms with van der Waals surface area (Å²) in [6.07, 6.45) is 3.19. The van der Waals surface area contributed by atoms with Gasteiger partial charge in [0.15, 0.2) is 0 Å². The molecule has 0 aliphatic heterocycles. The topological polar surface area (TPSA) is 86.1 Å². The number of esters is 1. The van der Waals surface area contributed by atoms with E-state index in [9.17, 15) is 9.59 Å². The Kier molecular flexibility index (Phi) is 5.87. The Bertz CT molecular complexity index is 463. The van der Waals surface area contributed by atoms with Crippen molar-refractivity contribution in [2.24, 2.45) is 5.92 Å². The molecule has 1 N–H and O–H groups in total. The zero-order valence-electron chi connectivity index (χ0n) is 13.3. The second-order valence-corrected chi connectivity index (χ2v) is 6.23. The number of hydrogen-bond acceptors (Lipinski definition) is 5. The van der Waals surface area contributed by atoms with Crippen LogP contribution in [0, 0.1) is 5.92 Å². The quantitative estimate of drug-likeness (QED) is 0.796. The standard InChI is InChI=1S/C14H24N4O3/c1-10(2)12(13(20)21-14(3,4)5)17-11(19)6-7-18-9-15-8-16-18/h8-10,12H,6-7H2,1-5H3,(H,17,19)/t12-/m1/s1. The van der Waals surface area contributed by atoms with Crippen LogP contribution in [0.3, 0.4) is 0 Å². The Hall–Kier alpha value is -1.92. The molecule has 0 aliphatic rings. The van der Waals surface area contributed by atoms with Gasteiger partial charge in [-0.05, 0) is 26.7 Å². The molecule has 1 rings (SSSR count). The Morgan fingerprint density at radius 2 is 2.00 bits per heavy atom. The maximum Gasteiger partial charge on any atom is 0.329 e. The van der Waals surface area contributed by atoms with Gasteiger partial charge >= 0.3 is 5.97 Å². The normalized spacial score (nSPS) is 13.0. The second-order valence-electron chi connectivity index (χ2n) is 6.23. The van der Waals surface area contributed by atoms with Gasteiger partial charge in [0.05, 0.1) is 6.54 Å². The van der Waals surface area contributed by atoms with Crippen LogP contribution in [0.4, 0.5) is 0 Å². The molecular weight excluding hydrogens is 272 g/mol. The highest BCUT2D eigenvalue weighted by Crippen LogP contribution is 2.12. The summed E-state index contributed by atoms with van der Waals surface area (Å²) in [6.45, 7) is 9.56. The number of nitrogens with zero attached hydrogens (tertiary/aromatic N) is 3. The van der Waals surface area contributed by atoms with Gasteiger partial charge in [-0.15, -0.1) is 0 Å². The molecule has 0 radical (unpaired) electrons. The van der Waals surface area contributed by atoms with Crippen molar-refractivity contribution in [3.8, 4) is 0 Å². The molecule has 21 heavy (non-hydrogen) atoms. The fraction of sp³-hybridized carbons (Fsp3) is 0.714. The van der Waals surface area contributed by atoms with E-state index >= 15 is 0 Å². The van der Waals surface area contributed by atoms with Crippen LogP contribution in [0.15, 0.2) is 12.7 Å². The number of nitrogens with one attached hydrogen (secondary N) is 1. The molecule has 7 nitrogen and oxygen atoms in total. The third kappa shape index (κ3) is 6.37. The second kappa shape index (κ2) is 7.19. The lowest BCUT2D eigenvalue weighted by Gasteiger charge is -2.26. The monoisotopic (exact) mass is 296 g/mol. The highest BCUT2D eigenvalue weighted by molar-refractivity contribution is 5.84. The van der Waals surface area contributed by atoms with Gasteiger partial charge in [-0.3, -0.25) is 9.48 Å². The van der Waals surface area contributed by atoms with Crippen LogP contribution in [0.5, 0.6) is 0 Å². The molecular formula is C14H24N4O3. The lowest BCUT2D eigenvalue weighted by molar-refractivity contribution is -0.160. The number of ether oxygens (including phenoxy) is 1. The summed E-state index contributed by atoms with van der Waals surface area (Å²) in [5.74, 6) is -0.670. The predicted molar refractivity (Wildman–Crippen MR) is 77.3 cm³/mol. The van der Waals surface area contributed by atoms with E-state index in [1.54, 1.807) is 31.8 Å². The van der Waals surface area contributed by atoms with Gasteiger partial charge in [0, 0.05) is 6.42 Å². The van der Waals surface area contributed by atoms with Crippen LogP contribution in [-0.4, -0.2) is 38.3 Å². The van der Waals surface area contributed by atoms with Gasteiger partial charge in [-0.2, -0.15) is 5.10 Å². The molecule has 0 aromatic carbocycles. The van der Waals surface area contributed by atoms with E-state index in [1.807, 2.05) is 13.8 Å². The number of hydrogen-bond donors (Lipinski definition) is 1. The van der Waals surface area contributed by atoms with Crippen LogP contribution >= 0.6 is 0 Å². The number of aromatic nitrogens is 3. The number of amides is 1. The van der Waals surface area contributed by atoms with E-state index < -0.39 is 17.6 Å². The number of carbonyl (C=O) groups is 2. The minimum Gasteiger partial charge on any atom is -0.458 e. The Morgan fingerprint density at radius 1 is 1.33 bits per heavy atom. The molecule has 0 unspecified atom stereocenters. The summed E-state index contributed by atoms with van der Waals surface area (Å²) >= 11 is 0. The first-order valence-electron chi connectivity index (χ1n) is 7.03. The average molecular weight is 296 g/mol. The fourth-order valence-electron chi connectivity index (χ4n) is 1.67. The van der Waals surface area contributed by atoms with Gasteiger partial charge in [0.2, 0.25) is 5.91 Å². The molecule has 0 aliphatic carbocycles. The zero-order valence-corrected chi connectivity index (χ0v) is 13.3. The molecule has 1 heterocycles. The van der Waals surface area contributed by atoms with Gasteiger partial charge in [0.25, 0.3) is 0 Å². The van der Waals surface area contributed by atoms with Crippen molar-refractivity contribution in [3.05, 3.63) is 12.7 Å². The maximum atomic E-state index is 12.1. The number of aryl methyl sites for hydroxylation is 1. The first-order valence-corrected chi connectivity index (χ1v) is 7.03. The lowest BCUT2D eigenvalue weighted by Crippen LogP contribution is -2.47. The molecule has 7 heteroatoms. The van der Waals surface area contributed by atoms with Gasteiger partial charge in [0.1, 0.15) is 24.3 Å².